The lowest BCUT2D eigenvalue weighted by Crippen LogP contribution is -2.23. The summed E-state index contributed by atoms with van der Waals surface area (Å²) < 4.78 is 28.4. The van der Waals surface area contributed by atoms with Gasteiger partial charge in [-0.3, -0.25) is 4.68 Å². The summed E-state index contributed by atoms with van der Waals surface area (Å²) >= 11 is 0. The Bertz CT molecular complexity index is 735. The van der Waals surface area contributed by atoms with E-state index in [1.54, 1.807) is 31.4 Å². The number of hydrogen-bond donors (Lipinski definition) is 2. The van der Waals surface area contributed by atoms with Crippen molar-refractivity contribution in [2.45, 2.75) is 25.3 Å². The van der Waals surface area contributed by atoms with Gasteiger partial charge < -0.3 is 5.73 Å². The van der Waals surface area contributed by atoms with Gasteiger partial charge in [-0.25, -0.2) is 13.1 Å². The zero-order valence-electron chi connectivity index (χ0n) is 11.7. The first-order chi connectivity index (χ1) is 9.31. The van der Waals surface area contributed by atoms with Crippen LogP contribution in [-0.4, -0.2) is 18.2 Å². The van der Waals surface area contributed by atoms with Crippen LogP contribution in [0.2, 0.25) is 0 Å². The SMILES string of the molecule is Cc1ccc(S(=O)(=O)NCc2cnn(C)c2N)cc1C. The fourth-order valence-electron chi connectivity index (χ4n) is 1.77. The molecule has 0 amide bonds. The zero-order valence-corrected chi connectivity index (χ0v) is 12.5. The Morgan fingerprint density at radius 1 is 1.30 bits per heavy atom. The summed E-state index contributed by atoms with van der Waals surface area (Å²) in [7, 11) is -1.84. The fourth-order valence-corrected chi connectivity index (χ4v) is 2.86. The van der Waals surface area contributed by atoms with Gasteiger partial charge in [0.1, 0.15) is 5.82 Å². The average molecular weight is 294 g/mol. The van der Waals surface area contributed by atoms with Crippen LogP contribution in [0.5, 0.6) is 0 Å². The van der Waals surface area contributed by atoms with Gasteiger partial charge in [0.15, 0.2) is 0 Å². The highest BCUT2D eigenvalue weighted by Gasteiger charge is 2.15. The molecule has 0 spiro atoms. The van der Waals surface area contributed by atoms with E-state index in [4.69, 9.17) is 5.73 Å². The van der Waals surface area contributed by atoms with E-state index in [9.17, 15) is 8.42 Å². The molecule has 0 atom stereocenters. The van der Waals surface area contributed by atoms with Crippen molar-refractivity contribution in [2.75, 3.05) is 5.73 Å². The topological polar surface area (TPSA) is 90.0 Å². The lowest BCUT2D eigenvalue weighted by Gasteiger charge is -2.08. The van der Waals surface area contributed by atoms with Crippen LogP contribution >= 0.6 is 0 Å². The molecular weight excluding hydrogens is 276 g/mol. The van der Waals surface area contributed by atoms with E-state index in [0.29, 0.717) is 11.4 Å². The molecule has 0 radical (unpaired) electrons. The van der Waals surface area contributed by atoms with Crippen LogP contribution in [0.4, 0.5) is 5.82 Å². The molecule has 7 heteroatoms. The second-order valence-corrected chi connectivity index (χ2v) is 6.52. The maximum Gasteiger partial charge on any atom is 0.240 e. The number of nitrogen functional groups attached to an aromatic ring is 1. The van der Waals surface area contributed by atoms with Crippen molar-refractivity contribution >= 4 is 15.8 Å². The van der Waals surface area contributed by atoms with Crippen LogP contribution in [-0.2, 0) is 23.6 Å². The molecular formula is C13H18N4O2S. The van der Waals surface area contributed by atoms with Crippen molar-refractivity contribution in [1.82, 2.24) is 14.5 Å². The first-order valence-corrected chi connectivity index (χ1v) is 7.63. The van der Waals surface area contributed by atoms with Gasteiger partial charge in [0.2, 0.25) is 10.0 Å². The third-order valence-electron chi connectivity index (χ3n) is 3.31. The predicted octanol–water partition coefficient (Wildman–Crippen LogP) is 1.10. The predicted molar refractivity (Wildman–Crippen MR) is 77.6 cm³/mol. The standard InChI is InChI=1S/C13H18N4O2S/c1-9-4-5-12(6-10(9)2)20(18,19)16-8-11-7-15-17(3)13(11)14/h4-7,16H,8,14H2,1-3H3. The molecule has 0 fully saturated rings. The summed E-state index contributed by atoms with van der Waals surface area (Å²) in [6.45, 7) is 3.94. The van der Waals surface area contributed by atoms with Gasteiger partial charge in [-0.05, 0) is 37.1 Å². The Labute approximate surface area is 118 Å². The Morgan fingerprint density at radius 2 is 2.00 bits per heavy atom. The second-order valence-electron chi connectivity index (χ2n) is 4.75. The van der Waals surface area contributed by atoms with Crippen LogP contribution in [0.25, 0.3) is 0 Å². The van der Waals surface area contributed by atoms with E-state index in [1.165, 1.54) is 4.68 Å². The minimum atomic E-state index is -3.55. The highest BCUT2D eigenvalue weighted by Crippen LogP contribution is 2.16. The van der Waals surface area contributed by atoms with Crippen molar-refractivity contribution in [1.29, 1.82) is 0 Å². The summed E-state index contributed by atoms with van der Waals surface area (Å²) in [5.41, 5.74) is 8.43. The van der Waals surface area contributed by atoms with Gasteiger partial charge in [0.05, 0.1) is 11.1 Å². The smallest absolute Gasteiger partial charge is 0.240 e. The second kappa shape index (κ2) is 5.26. The summed E-state index contributed by atoms with van der Waals surface area (Å²) in [5.74, 6) is 0.452. The van der Waals surface area contributed by atoms with E-state index in [1.807, 2.05) is 13.8 Å². The maximum atomic E-state index is 12.2. The normalized spacial score (nSPS) is 11.8. The van der Waals surface area contributed by atoms with Crippen LogP contribution in [0, 0.1) is 13.8 Å². The van der Waals surface area contributed by atoms with Gasteiger partial charge in [0.25, 0.3) is 0 Å². The van der Waals surface area contributed by atoms with E-state index in [-0.39, 0.29) is 11.4 Å². The van der Waals surface area contributed by atoms with Crippen LogP contribution in [0.1, 0.15) is 16.7 Å². The van der Waals surface area contributed by atoms with Crippen molar-refractivity contribution in [3.05, 3.63) is 41.1 Å². The molecule has 3 N–H and O–H groups in total. The van der Waals surface area contributed by atoms with Crippen molar-refractivity contribution in [2.24, 2.45) is 7.05 Å². The molecule has 0 aliphatic carbocycles. The van der Waals surface area contributed by atoms with E-state index >= 15 is 0 Å². The minimum absolute atomic E-state index is 0.120. The molecule has 1 aromatic heterocycles. The molecule has 0 unspecified atom stereocenters. The first-order valence-electron chi connectivity index (χ1n) is 6.14. The van der Waals surface area contributed by atoms with Crippen LogP contribution < -0.4 is 10.5 Å². The third-order valence-corrected chi connectivity index (χ3v) is 4.70. The van der Waals surface area contributed by atoms with Crippen molar-refractivity contribution in [3.8, 4) is 0 Å². The largest absolute Gasteiger partial charge is 0.384 e. The van der Waals surface area contributed by atoms with Crippen molar-refractivity contribution in [3.63, 3.8) is 0 Å². The molecule has 0 saturated heterocycles. The molecule has 20 heavy (non-hydrogen) atoms. The number of sulfonamides is 1. The number of nitrogens with two attached hydrogens (primary N) is 1. The summed E-state index contributed by atoms with van der Waals surface area (Å²) in [4.78, 5) is 0.253. The van der Waals surface area contributed by atoms with Crippen LogP contribution in [0.15, 0.2) is 29.3 Å². The Morgan fingerprint density at radius 3 is 2.55 bits per heavy atom. The van der Waals surface area contributed by atoms with Crippen molar-refractivity contribution < 1.29 is 8.42 Å². The summed E-state index contributed by atoms with van der Waals surface area (Å²) in [6, 6.07) is 5.05. The molecule has 2 rings (SSSR count). The Balaban J connectivity index is 2.19. The summed E-state index contributed by atoms with van der Waals surface area (Å²) in [5, 5.41) is 3.97. The Hall–Kier alpha value is -1.86. The zero-order chi connectivity index (χ0) is 14.9. The third kappa shape index (κ3) is 2.83. The number of nitrogens with zero attached hydrogens (tertiary/aromatic N) is 2. The maximum absolute atomic E-state index is 12.2. The van der Waals surface area contributed by atoms with E-state index in [2.05, 4.69) is 9.82 Å². The number of aryl methyl sites for hydroxylation is 3. The minimum Gasteiger partial charge on any atom is -0.384 e. The molecule has 0 saturated carbocycles. The van der Waals surface area contributed by atoms with Gasteiger partial charge in [0, 0.05) is 19.2 Å². The monoisotopic (exact) mass is 294 g/mol. The fraction of sp³-hybridized carbons (Fsp3) is 0.308. The average Bonchev–Trinajstić information content (AvgIpc) is 2.71. The number of nitrogens with one attached hydrogen (secondary N) is 1. The molecule has 0 aliphatic heterocycles. The molecule has 108 valence electrons. The number of hydrogen-bond acceptors (Lipinski definition) is 4. The number of anilines is 1. The highest BCUT2D eigenvalue weighted by atomic mass is 32.2. The summed E-state index contributed by atoms with van der Waals surface area (Å²) in [6.07, 6.45) is 1.55. The molecule has 0 bridgehead atoms. The quantitative estimate of drug-likeness (QED) is 0.883. The van der Waals surface area contributed by atoms with Crippen LogP contribution in [0.3, 0.4) is 0 Å². The van der Waals surface area contributed by atoms with Gasteiger partial charge in [-0.2, -0.15) is 5.10 Å². The molecule has 1 heterocycles. The molecule has 6 nitrogen and oxygen atoms in total. The molecule has 1 aromatic carbocycles. The number of benzene rings is 1. The lowest BCUT2D eigenvalue weighted by atomic mass is 10.1. The highest BCUT2D eigenvalue weighted by molar-refractivity contribution is 7.89. The van der Waals surface area contributed by atoms with Gasteiger partial charge in [-0.15, -0.1) is 0 Å². The van der Waals surface area contributed by atoms with E-state index < -0.39 is 10.0 Å². The number of rotatable bonds is 4. The van der Waals surface area contributed by atoms with Gasteiger partial charge >= 0.3 is 0 Å². The van der Waals surface area contributed by atoms with E-state index in [0.717, 1.165) is 11.1 Å². The van der Waals surface area contributed by atoms with Gasteiger partial charge in [-0.1, -0.05) is 6.07 Å². The Kier molecular flexibility index (Phi) is 3.82. The molecule has 2 aromatic rings. The molecule has 0 aliphatic rings. The first kappa shape index (κ1) is 14.5. The lowest BCUT2D eigenvalue weighted by molar-refractivity contribution is 0.581. The number of aromatic nitrogens is 2.